The molecule has 2 heterocycles. The topological polar surface area (TPSA) is 70.4 Å². The lowest BCUT2D eigenvalue weighted by Crippen LogP contribution is -2.46. The molecule has 0 aromatic carbocycles. The van der Waals surface area contributed by atoms with Crippen LogP contribution in [-0.4, -0.2) is 55.2 Å². The van der Waals surface area contributed by atoms with E-state index in [4.69, 9.17) is 4.52 Å². The van der Waals surface area contributed by atoms with Gasteiger partial charge < -0.3 is 15.2 Å². The molecule has 0 saturated carbocycles. The van der Waals surface area contributed by atoms with E-state index >= 15 is 0 Å². The summed E-state index contributed by atoms with van der Waals surface area (Å²) in [5.74, 6) is 0.480. The highest BCUT2D eigenvalue weighted by atomic mass is 35.5. The smallest absolute Gasteiger partial charge is 0.256 e. The summed E-state index contributed by atoms with van der Waals surface area (Å²) in [5.41, 5.74) is 1.21. The van der Waals surface area contributed by atoms with Crippen LogP contribution in [0.1, 0.15) is 21.8 Å². The van der Waals surface area contributed by atoms with E-state index < -0.39 is 0 Å². The molecule has 0 bridgehead atoms. The van der Waals surface area contributed by atoms with Crippen molar-refractivity contribution in [3.8, 4) is 0 Å². The normalized spacial score (nSPS) is 15.9. The second-order valence-corrected chi connectivity index (χ2v) is 4.55. The average Bonchev–Trinajstić information content (AvgIpc) is 2.70. The number of hydrogen-bond acceptors (Lipinski definition) is 5. The summed E-state index contributed by atoms with van der Waals surface area (Å²) in [5, 5.41) is 10.00. The number of carbonyl (C=O) groups excluding carboxylic acids is 1. The molecule has 0 spiro atoms. The van der Waals surface area contributed by atoms with Gasteiger partial charge in [0.15, 0.2) is 0 Å². The van der Waals surface area contributed by atoms with Crippen LogP contribution in [0.25, 0.3) is 0 Å². The van der Waals surface area contributed by atoms with Crippen molar-refractivity contribution >= 4 is 18.3 Å². The molecule has 2 N–H and O–H groups in total. The van der Waals surface area contributed by atoms with Crippen LogP contribution < -0.4 is 10.6 Å². The maximum atomic E-state index is 11.9. The first-order chi connectivity index (χ1) is 8.68. The molecule has 0 atom stereocenters. The SMILES string of the molecule is Cc1noc(C)c1C(=O)NCCN1CCNCC1.Cl. The molecule has 108 valence electrons. The van der Waals surface area contributed by atoms with Gasteiger partial charge >= 0.3 is 0 Å². The zero-order valence-electron chi connectivity index (χ0n) is 11.4. The predicted molar refractivity (Wildman–Crippen MR) is 74.9 cm³/mol. The largest absolute Gasteiger partial charge is 0.361 e. The molecule has 0 radical (unpaired) electrons. The Morgan fingerprint density at radius 3 is 2.68 bits per heavy atom. The van der Waals surface area contributed by atoms with Crippen molar-refractivity contribution in [1.29, 1.82) is 0 Å². The Morgan fingerprint density at radius 2 is 2.11 bits per heavy atom. The molecule has 1 aliphatic rings. The summed E-state index contributed by atoms with van der Waals surface area (Å²) in [7, 11) is 0. The number of carbonyl (C=O) groups is 1. The van der Waals surface area contributed by atoms with E-state index in [-0.39, 0.29) is 18.3 Å². The zero-order valence-corrected chi connectivity index (χ0v) is 12.2. The average molecular weight is 289 g/mol. The Morgan fingerprint density at radius 1 is 1.42 bits per heavy atom. The molecule has 1 aromatic heterocycles. The summed E-state index contributed by atoms with van der Waals surface area (Å²) < 4.78 is 4.98. The van der Waals surface area contributed by atoms with Crippen LogP contribution in [0.15, 0.2) is 4.52 Å². The van der Waals surface area contributed by atoms with Crippen LogP contribution in [0.2, 0.25) is 0 Å². The fourth-order valence-corrected chi connectivity index (χ4v) is 2.16. The van der Waals surface area contributed by atoms with Gasteiger partial charge in [0.2, 0.25) is 0 Å². The third-order valence-corrected chi connectivity index (χ3v) is 3.18. The fraction of sp³-hybridized carbons (Fsp3) is 0.667. The van der Waals surface area contributed by atoms with Gasteiger partial charge in [-0.25, -0.2) is 0 Å². The van der Waals surface area contributed by atoms with Crippen molar-refractivity contribution in [3.05, 3.63) is 17.0 Å². The maximum Gasteiger partial charge on any atom is 0.256 e. The maximum absolute atomic E-state index is 11.9. The van der Waals surface area contributed by atoms with E-state index in [1.54, 1.807) is 13.8 Å². The number of halogens is 1. The van der Waals surface area contributed by atoms with Gasteiger partial charge in [-0.3, -0.25) is 9.69 Å². The molecule has 1 amide bonds. The number of rotatable bonds is 4. The fourth-order valence-electron chi connectivity index (χ4n) is 2.16. The van der Waals surface area contributed by atoms with Gasteiger partial charge in [0.25, 0.3) is 5.91 Å². The van der Waals surface area contributed by atoms with E-state index in [9.17, 15) is 4.79 Å². The van der Waals surface area contributed by atoms with Crippen molar-refractivity contribution in [2.24, 2.45) is 0 Å². The first kappa shape index (κ1) is 15.9. The number of nitrogens with one attached hydrogen (secondary N) is 2. The van der Waals surface area contributed by atoms with Crippen LogP contribution >= 0.6 is 12.4 Å². The zero-order chi connectivity index (χ0) is 13.0. The highest BCUT2D eigenvalue weighted by Gasteiger charge is 2.17. The minimum absolute atomic E-state index is 0. The molecule has 1 saturated heterocycles. The molecule has 6 nitrogen and oxygen atoms in total. The third-order valence-electron chi connectivity index (χ3n) is 3.18. The molecule has 7 heteroatoms. The number of aromatic nitrogens is 1. The van der Waals surface area contributed by atoms with E-state index in [0.29, 0.717) is 23.6 Å². The molecule has 1 aromatic rings. The Hall–Kier alpha value is -1.11. The van der Waals surface area contributed by atoms with Crippen LogP contribution in [0.3, 0.4) is 0 Å². The van der Waals surface area contributed by atoms with Gasteiger partial charge in [-0.2, -0.15) is 0 Å². The van der Waals surface area contributed by atoms with Crippen molar-refractivity contribution in [1.82, 2.24) is 20.7 Å². The number of amides is 1. The quantitative estimate of drug-likeness (QED) is 0.836. The Bertz CT molecular complexity index is 396. The molecular weight excluding hydrogens is 268 g/mol. The highest BCUT2D eigenvalue weighted by Crippen LogP contribution is 2.11. The second kappa shape index (κ2) is 7.47. The van der Waals surface area contributed by atoms with E-state index in [0.717, 1.165) is 32.7 Å². The van der Waals surface area contributed by atoms with Crippen molar-refractivity contribution in [2.45, 2.75) is 13.8 Å². The van der Waals surface area contributed by atoms with Gasteiger partial charge in [0, 0.05) is 39.3 Å². The molecule has 0 aliphatic carbocycles. The molecule has 1 aliphatic heterocycles. The van der Waals surface area contributed by atoms with Crippen LogP contribution in [-0.2, 0) is 0 Å². The lowest BCUT2D eigenvalue weighted by Gasteiger charge is -2.27. The minimum Gasteiger partial charge on any atom is -0.361 e. The van der Waals surface area contributed by atoms with E-state index in [2.05, 4.69) is 20.7 Å². The number of nitrogens with zero attached hydrogens (tertiary/aromatic N) is 2. The van der Waals surface area contributed by atoms with Crippen molar-refractivity contribution < 1.29 is 9.32 Å². The van der Waals surface area contributed by atoms with Crippen molar-refractivity contribution in [3.63, 3.8) is 0 Å². The van der Waals surface area contributed by atoms with E-state index in [1.807, 2.05) is 0 Å². The third kappa shape index (κ3) is 4.19. The number of aryl methyl sites for hydroxylation is 2. The van der Waals surface area contributed by atoms with Crippen molar-refractivity contribution in [2.75, 3.05) is 39.3 Å². The molecule has 2 rings (SSSR count). The molecule has 19 heavy (non-hydrogen) atoms. The highest BCUT2D eigenvalue weighted by molar-refractivity contribution is 5.96. The second-order valence-electron chi connectivity index (χ2n) is 4.55. The minimum atomic E-state index is -0.0959. The summed E-state index contributed by atoms with van der Waals surface area (Å²) in [6.45, 7) is 9.21. The monoisotopic (exact) mass is 288 g/mol. The molecule has 0 unspecified atom stereocenters. The Balaban J connectivity index is 0.00000180. The lowest BCUT2D eigenvalue weighted by molar-refractivity contribution is 0.0945. The molecule has 1 fully saturated rings. The van der Waals surface area contributed by atoms with E-state index in [1.165, 1.54) is 0 Å². The summed E-state index contributed by atoms with van der Waals surface area (Å²) in [4.78, 5) is 14.3. The summed E-state index contributed by atoms with van der Waals surface area (Å²) in [6.07, 6.45) is 0. The Kier molecular flexibility index (Phi) is 6.27. The lowest BCUT2D eigenvalue weighted by atomic mass is 10.2. The number of hydrogen-bond donors (Lipinski definition) is 2. The van der Waals surface area contributed by atoms with Crippen LogP contribution in [0.5, 0.6) is 0 Å². The standard InChI is InChI=1S/C12H20N4O2.ClH/c1-9-11(10(2)18-15-9)12(17)14-5-8-16-6-3-13-4-7-16;/h13H,3-8H2,1-2H3,(H,14,17);1H. The summed E-state index contributed by atoms with van der Waals surface area (Å²) in [6, 6.07) is 0. The Labute approximate surface area is 119 Å². The number of piperazine rings is 1. The summed E-state index contributed by atoms with van der Waals surface area (Å²) >= 11 is 0. The van der Waals surface area contributed by atoms with Gasteiger partial charge in [-0.1, -0.05) is 5.16 Å². The van der Waals surface area contributed by atoms with Crippen LogP contribution in [0, 0.1) is 13.8 Å². The van der Waals surface area contributed by atoms with Gasteiger partial charge in [0.1, 0.15) is 11.3 Å². The van der Waals surface area contributed by atoms with Gasteiger partial charge in [0.05, 0.1) is 5.69 Å². The molecular formula is C12H21ClN4O2. The van der Waals surface area contributed by atoms with Gasteiger partial charge in [-0.15, -0.1) is 12.4 Å². The first-order valence-electron chi connectivity index (χ1n) is 6.32. The predicted octanol–water partition coefficient (Wildman–Crippen LogP) is 0.348. The van der Waals surface area contributed by atoms with Crippen LogP contribution in [0.4, 0.5) is 0 Å². The van der Waals surface area contributed by atoms with Gasteiger partial charge in [-0.05, 0) is 13.8 Å². The first-order valence-corrected chi connectivity index (χ1v) is 6.32.